The number of methoxy groups -OCH3 is 1. The van der Waals surface area contributed by atoms with Crippen LogP contribution in [0.2, 0.25) is 0 Å². The highest BCUT2D eigenvalue weighted by Gasteiger charge is 2.14. The molecule has 0 bridgehead atoms. The number of hydrogen-bond donors (Lipinski definition) is 0. The first kappa shape index (κ1) is 14.0. The van der Waals surface area contributed by atoms with Crippen molar-refractivity contribution in [2.45, 2.75) is 20.6 Å². The van der Waals surface area contributed by atoms with E-state index >= 15 is 0 Å². The van der Waals surface area contributed by atoms with E-state index in [0.717, 1.165) is 21.5 Å². The Balaban J connectivity index is 2.28. The molecule has 3 rings (SSSR count). The van der Waals surface area contributed by atoms with Crippen LogP contribution >= 0.6 is 11.3 Å². The lowest BCUT2D eigenvalue weighted by molar-refractivity contribution is 0.128. The molecule has 0 fully saturated rings. The number of nitrogens with zero attached hydrogens (tertiary/aromatic N) is 2. The molecule has 0 radical (unpaired) electrons. The summed E-state index contributed by atoms with van der Waals surface area (Å²) in [4.78, 5) is 17.7. The molecule has 5 heteroatoms. The molecule has 0 N–H and O–H groups in total. The number of aromatic nitrogens is 2. The van der Waals surface area contributed by atoms with Crippen LogP contribution in [-0.4, -0.2) is 16.7 Å². The van der Waals surface area contributed by atoms with Crippen molar-refractivity contribution in [2.24, 2.45) is 0 Å². The molecule has 0 amide bonds. The number of benzene rings is 1. The van der Waals surface area contributed by atoms with Crippen LogP contribution in [0.25, 0.3) is 21.3 Å². The van der Waals surface area contributed by atoms with Gasteiger partial charge in [-0.2, -0.15) is 0 Å². The maximum atomic E-state index is 12.6. The minimum Gasteiger partial charge on any atom is -0.364 e. The average molecular weight is 300 g/mol. The lowest BCUT2D eigenvalue weighted by Crippen LogP contribution is -2.21. The predicted octanol–water partition coefficient (Wildman–Crippen LogP) is 3.35. The summed E-state index contributed by atoms with van der Waals surface area (Å²) < 4.78 is 6.53. The Bertz CT molecular complexity index is 864. The van der Waals surface area contributed by atoms with E-state index in [4.69, 9.17) is 4.74 Å². The fourth-order valence-electron chi connectivity index (χ4n) is 2.51. The Morgan fingerprint density at radius 3 is 2.81 bits per heavy atom. The first-order valence-corrected chi connectivity index (χ1v) is 7.53. The smallest absolute Gasteiger partial charge is 0.264 e. The van der Waals surface area contributed by atoms with E-state index in [1.807, 2.05) is 5.38 Å². The molecule has 0 saturated heterocycles. The largest absolute Gasteiger partial charge is 0.364 e. The SMILES string of the molecule is COCn1cnc2scc(-c3ccc(C)cc3C)c2c1=O. The quantitative estimate of drug-likeness (QED) is 0.745. The Morgan fingerprint density at radius 2 is 2.10 bits per heavy atom. The summed E-state index contributed by atoms with van der Waals surface area (Å²) >= 11 is 1.50. The summed E-state index contributed by atoms with van der Waals surface area (Å²) in [5.74, 6) is 0. The summed E-state index contributed by atoms with van der Waals surface area (Å²) in [5.41, 5.74) is 4.36. The maximum absolute atomic E-state index is 12.6. The van der Waals surface area contributed by atoms with Gasteiger partial charge in [0.05, 0.1) is 5.39 Å². The van der Waals surface area contributed by atoms with Gasteiger partial charge in [-0.15, -0.1) is 11.3 Å². The molecule has 2 heterocycles. The van der Waals surface area contributed by atoms with E-state index < -0.39 is 0 Å². The van der Waals surface area contributed by atoms with Crippen molar-refractivity contribution in [1.29, 1.82) is 0 Å². The van der Waals surface area contributed by atoms with E-state index in [1.165, 1.54) is 27.8 Å². The maximum Gasteiger partial charge on any atom is 0.264 e. The highest BCUT2D eigenvalue weighted by Crippen LogP contribution is 2.32. The molecular weight excluding hydrogens is 284 g/mol. The van der Waals surface area contributed by atoms with E-state index in [9.17, 15) is 4.79 Å². The van der Waals surface area contributed by atoms with E-state index in [-0.39, 0.29) is 12.3 Å². The summed E-state index contributed by atoms with van der Waals surface area (Å²) in [5, 5.41) is 2.68. The van der Waals surface area contributed by atoms with Gasteiger partial charge in [-0.25, -0.2) is 4.98 Å². The van der Waals surface area contributed by atoms with Crippen molar-refractivity contribution in [3.8, 4) is 11.1 Å². The third-order valence-electron chi connectivity index (χ3n) is 3.50. The number of fused-ring (bicyclic) bond motifs is 1. The second kappa shape index (κ2) is 5.42. The fourth-order valence-corrected chi connectivity index (χ4v) is 3.41. The Hall–Kier alpha value is -1.98. The summed E-state index contributed by atoms with van der Waals surface area (Å²) in [6.07, 6.45) is 1.54. The number of rotatable bonds is 3. The van der Waals surface area contributed by atoms with Gasteiger partial charge in [0.1, 0.15) is 17.9 Å². The average Bonchev–Trinajstić information content (AvgIpc) is 2.87. The van der Waals surface area contributed by atoms with Gasteiger partial charge in [0.2, 0.25) is 0 Å². The first-order chi connectivity index (χ1) is 10.1. The highest BCUT2D eigenvalue weighted by atomic mass is 32.1. The topological polar surface area (TPSA) is 44.1 Å². The molecule has 3 aromatic rings. The molecular formula is C16H16N2O2S. The van der Waals surface area contributed by atoms with Crippen molar-refractivity contribution in [3.05, 3.63) is 51.4 Å². The molecule has 21 heavy (non-hydrogen) atoms. The van der Waals surface area contributed by atoms with Crippen molar-refractivity contribution >= 4 is 21.6 Å². The summed E-state index contributed by atoms with van der Waals surface area (Å²) in [6, 6.07) is 6.26. The van der Waals surface area contributed by atoms with Gasteiger partial charge in [-0.05, 0) is 25.0 Å². The Kier molecular flexibility index (Phi) is 3.61. The summed E-state index contributed by atoms with van der Waals surface area (Å²) in [6.45, 7) is 4.34. The normalized spacial score (nSPS) is 11.2. The van der Waals surface area contributed by atoms with Gasteiger partial charge < -0.3 is 4.74 Å². The second-order valence-corrected chi connectivity index (χ2v) is 5.94. The van der Waals surface area contributed by atoms with Crippen molar-refractivity contribution in [1.82, 2.24) is 9.55 Å². The van der Waals surface area contributed by atoms with Crippen LogP contribution in [0.15, 0.2) is 34.7 Å². The molecule has 0 aliphatic carbocycles. The first-order valence-electron chi connectivity index (χ1n) is 6.65. The molecule has 0 atom stereocenters. The highest BCUT2D eigenvalue weighted by molar-refractivity contribution is 7.17. The summed E-state index contributed by atoms with van der Waals surface area (Å²) in [7, 11) is 1.56. The van der Waals surface area contributed by atoms with Gasteiger partial charge in [0.25, 0.3) is 5.56 Å². The standard InChI is InChI=1S/C16H16N2O2S/c1-10-4-5-12(11(2)6-10)13-7-21-15-14(13)16(19)18(8-17-15)9-20-3/h4-8H,9H2,1-3H3. The van der Waals surface area contributed by atoms with Gasteiger partial charge in [-0.1, -0.05) is 23.8 Å². The van der Waals surface area contributed by atoms with Crippen LogP contribution in [0, 0.1) is 13.8 Å². The number of ether oxygens (including phenoxy) is 1. The third-order valence-corrected chi connectivity index (χ3v) is 4.39. The lowest BCUT2D eigenvalue weighted by Gasteiger charge is -2.07. The number of thiophene rings is 1. The van der Waals surface area contributed by atoms with Crippen LogP contribution in [-0.2, 0) is 11.5 Å². The second-order valence-electron chi connectivity index (χ2n) is 5.09. The number of aryl methyl sites for hydroxylation is 2. The zero-order chi connectivity index (χ0) is 15.0. The monoisotopic (exact) mass is 300 g/mol. The molecule has 2 aromatic heterocycles. The van der Waals surface area contributed by atoms with Gasteiger partial charge >= 0.3 is 0 Å². The zero-order valence-electron chi connectivity index (χ0n) is 12.2. The van der Waals surface area contributed by atoms with Crippen LogP contribution in [0.3, 0.4) is 0 Å². The third kappa shape index (κ3) is 2.39. The van der Waals surface area contributed by atoms with E-state index in [0.29, 0.717) is 5.39 Å². The van der Waals surface area contributed by atoms with Crippen molar-refractivity contribution in [2.75, 3.05) is 7.11 Å². The van der Waals surface area contributed by atoms with E-state index in [1.54, 1.807) is 7.11 Å². The molecule has 0 saturated carbocycles. The Morgan fingerprint density at radius 1 is 1.29 bits per heavy atom. The lowest BCUT2D eigenvalue weighted by atomic mass is 9.99. The van der Waals surface area contributed by atoms with Crippen LogP contribution in [0.4, 0.5) is 0 Å². The number of hydrogen-bond acceptors (Lipinski definition) is 4. The fraction of sp³-hybridized carbons (Fsp3) is 0.250. The predicted molar refractivity (Wildman–Crippen MR) is 85.8 cm³/mol. The molecule has 1 aromatic carbocycles. The van der Waals surface area contributed by atoms with Gasteiger partial charge in [0, 0.05) is 18.1 Å². The van der Waals surface area contributed by atoms with Gasteiger partial charge in [0.15, 0.2) is 0 Å². The molecule has 0 aliphatic rings. The van der Waals surface area contributed by atoms with Crippen molar-refractivity contribution in [3.63, 3.8) is 0 Å². The van der Waals surface area contributed by atoms with Crippen LogP contribution in [0.1, 0.15) is 11.1 Å². The van der Waals surface area contributed by atoms with E-state index in [2.05, 4.69) is 37.0 Å². The molecule has 108 valence electrons. The van der Waals surface area contributed by atoms with Gasteiger partial charge in [-0.3, -0.25) is 9.36 Å². The minimum atomic E-state index is -0.0573. The molecule has 0 spiro atoms. The van der Waals surface area contributed by atoms with Crippen LogP contribution < -0.4 is 5.56 Å². The van der Waals surface area contributed by atoms with Crippen molar-refractivity contribution < 1.29 is 4.74 Å². The molecule has 4 nitrogen and oxygen atoms in total. The molecule has 0 unspecified atom stereocenters. The van der Waals surface area contributed by atoms with Crippen LogP contribution in [0.5, 0.6) is 0 Å². The Labute approximate surface area is 126 Å². The molecule has 0 aliphatic heterocycles. The minimum absolute atomic E-state index is 0.0573. The zero-order valence-corrected chi connectivity index (χ0v) is 13.0.